The van der Waals surface area contributed by atoms with Gasteiger partial charge < -0.3 is 14.8 Å². The number of aromatic amines is 1. The molecular formula is C28H26FN5O2. The highest BCUT2D eigenvalue weighted by atomic mass is 19.1. The van der Waals surface area contributed by atoms with Crippen LogP contribution in [0.4, 0.5) is 4.39 Å². The summed E-state index contributed by atoms with van der Waals surface area (Å²) in [5.41, 5.74) is 3.33. The first-order chi connectivity index (χ1) is 17.5. The summed E-state index contributed by atoms with van der Waals surface area (Å²) < 4.78 is 16.1. The van der Waals surface area contributed by atoms with Crippen molar-refractivity contribution in [3.8, 4) is 11.3 Å². The van der Waals surface area contributed by atoms with Gasteiger partial charge in [0.05, 0.1) is 11.1 Å². The lowest BCUT2D eigenvalue weighted by atomic mass is 9.78. The van der Waals surface area contributed by atoms with E-state index in [9.17, 15) is 14.3 Å². The number of halogens is 1. The fraction of sp³-hybridized carbons (Fsp3) is 0.250. The summed E-state index contributed by atoms with van der Waals surface area (Å²) in [5.74, 6) is -0.511. The minimum absolute atomic E-state index is 0.189. The lowest BCUT2D eigenvalue weighted by molar-refractivity contribution is -0.00685. The molecule has 0 unspecified atom stereocenters. The lowest BCUT2D eigenvalue weighted by Gasteiger charge is -2.37. The first-order valence-electron chi connectivity index (χ1n) is 12.2. The Morgan fingerprint density at radius 3 is 3.00 bits per heavy atom. The summed E-state index contributed by atoms with van der Waals surface area (Å²) in [7, 11) is 0. The van der Waals surface area contributed by atoms with E-state index in [4.69, 9.17) is 0 Å². The molecule has 3 N–H and O–H groups in total. The fourth-order valence-electron chi connectivity index (χ4n) is 5.32. The Kier molecular flexibility index (Phi) is 5.53. The van der Waals surface area contributed by atoms with Gasteiger partial charge in [-0.1, -0.05) is 18.2 Å². The molecule has 2 aromatic carbocycles. The molecule has 0 radical (unpaired) electrons. The maximum absolute atomic E-state index is 14.2. The molecular weight excluding hydrogens is 457 g/mol. The van der Waals surface area contributed by atoms with Crippen molar-refractivity contribution >= 4 is 22.5 Å². The molecule has 36 heavy (non-hydrogen) atoms. The number of benzene rings is 2. The van der Waals surface area contributed by atoms with E-state index in [1.165, 1.54) is 6.07 Å². The highest BCUT2D eigenvalue weighted by Gasteiger charge is 2.35. The molecule has 3 aromatic heterocycles. The van der Waals surface area contributed by atoms with Gasteiger partial charge >= 0.3 is 0 Å². The van der Waals surface area contributed by atoms with Gasteiger partial charge in [-0.3, -0.25) is 9.89 Å². The average molecular weight is 484 g/mol. The third-order valence-electron chi connectivity index (χ3n) is 7.12. The van der Waals surface area contributed by atoms with Gasteiger partial charge in [0.25, 0.3) is 5.91 Å². The zero-order valence-corrected chi connectivity index (χ0v) is 19.6. The Balaban J connectivity index is 1.21. The number of hydrogen-bond acceptors (Lipinski definition) is 4. The van der Waals surface area contributed by atoms with Gasteiger partial charge in [-0.15, -0.1) is 0 Å². The molecule has 5 aromatic rings. The third kappa shape index (κ3) is 4.24. The van der Waals surface area contributed by atoms with Crippen molar-refractivity contribution in [3.63, 3.8) is 0 Å². The predicted molar refractivity (Wildman–Crippen MR) is 135 cm³/mol. The highest BCUT2D eigenvalue weighted by Crippen LogP contribution is 2.33. The number of nitrogens with one attached hydrogen (secondary N) is 2. The van der Waals surface area contributed by atoms with Crippen LogP contribution in [0.15, 0.2) is 73.2 Å². The molecule has 0 bridgehead atoms. The smallest absolute Gasteiger partial charge is 0.251 e. The molecule has 1 amide bonds. The summed E-state index contributed by atoms with van der Waals surface area (Å²) in [4.78, 5) is 17.5. The molecule has 1 saturated carbocycles. The Bertz CT molecular complexity index is 1570. The van der Waals surface area contributed by atoms with Crippen LogP contribution in [0.3, 0.4) is 0 Å². The van der Waals surface area contributed by atoms with E-state index in [0.717, 1.165) is 40.6 Å². The summed E-state index contributed by atoms with van der Waals surface area (Å²) in [6, 6.07) is 15.7. The van der Waals surface area contributed by atoms with Gasteiger partial charge in [0, 0.05) is 47.6 Å². The van der Waals surface area contributed by atoms with E-state index in [1.54, 1.807) is 30.5 Å². The number of amides is 1. The number of carbonyl (C=O) groups excluding carboxylic acids is 1. The van der Waals surface area contributed by atoms with Crippen molar-refractivity contribution in [2.75, 3.05) is 0 Å². The fourth-order valence-corrected chi connectivity index (χ4v) is 5.32. The highest BCUT2D eigenvalue weighted by molar-refractivity contribution is 6.01. The monoisotopic (exact) mass is 483 g/mol. The molecule has 1 aliphatic rings. The molecule has 7 nitrogen and oxygen atoms in total. The predicted octanol–water partition coefficient (Wildman–Crippen LogP) is 4.66. The van der Waals surface area contributed by atoms with Gasteiger partial charge in [0.2, 0.25) is 0 Å². The van der Waals surface area contributed by atoms with Crippen LogP contribution in [0, 0.1) is 5.82 Å². The second-order valence-electron chi connectivity index (χ2n) is 9.70. The zero-order chi connectivity index (χ0) is 24.7. The molecule has 8 heteroatoms. The van der Waals surface area contributed by atoms with Crippen molar-refractivity contribution in [2.24, 2.45) is 0 Å². The van der Waals surface area contributed by atoms with E-state index in [1.807, 2.05) is 41.1 Å². The van der Waals surface area contributed by atoms with Crippen LogP contribution in [-0.2, 0) is 6.42 Å². The van der Waals surface area contributed by atoms with Crippen LogP contribution in [0.25, 0.3) is 27.8 Å². The number of aliphatic hydroxyl groups is 1. The molecule has 2 atom stereocenters. The molecule has 3 heterocycles. The second kappa shape index (κ2) is 8.87. The van der Waals surface area contributed by atoms with Gasteiger partial charge in [0.1, 0.15) is 17.2 Å². The van der Waals surface area contributed by atoms with Crippen molar-refractivity contribution in [3.05, 3.63) is 90.1 Å². The van der Waals surface area contributed by atoms with E-state index in [0.29, 0.717) is 24.0 Å². The number of nitrogens with zero attached hydrogens (tertiary/aromatic N) is 3. The largest absolute Gasteiger partial charge is 0.389 e. The maximum Gasteiger partial charge on any atom is 0.251 e. The number of hydrogen-bond donors (Lipinski definition) is 3. The van der Waals surface area contributed by atoms with E-state index < -0.39 is 5.60 Å². The van der Waals surface area contributed by atoms with Gasteiger partial charge in [-0.25, -0.2) is 9.37 Å². The lowest BCUT2D eigenvalue weighted by Crippen LogP contribution is -2.46. The number of carbonyl (C=O) groups is 1. The Labute approximate surface area is 207 Å². The van der Waals surface area contributed by atoms with Crippen LogP contribution in [0.5, 0.6) is 0 Å². The minimum atomic E-state index is -1.05. The van der Waals surface area contributed by atoms with Crippen LogP contribution in [0.1, 0.15) is 41.6 Å². The van der Waals surface area contributed by atoms with E-state index in [2.05, 4.69) is 20.5 Å². The number of pyridine rings is 1. The summed E-state index contributed by atoms with van der Waals surface area (Å²) in [6.07, 6.45) is 8.32. The molecule has 0 saturated heterocycles. The van der Waals surface area contributed by atoms with Crippen molar-refractivity contribution in [1.29, 1.82) is 0 Å². The number of imidazole rings is 1. The molecule has 1 fully saturated rings. The normalized spacial score (nSPS) is 20.1. The Hall–Kier alpha value is -4.04. The van der Waals surface area contributed by atoms with Crippen molar-refractivity contribution < 1.29 is 14.3 Å². The van der Waals surface area contributed by atoms with Crippen LogP contribution in [-0.4, -0.2) is 42.2 Å². The molecule has 0 spiro atoms. The van der Waals surface area contributed by atoms with Gasteiger partial charge in [0.15, 0.2) is 0 Å². The summed E-state index contributed by atoms with van der Waals surface area (Å²) in [6.45, 7) is 0. The SMILES string of the molecule is O=C(N[C@@H]1CCC[C@@](O)(Cc2ccccc2F)C1)c1ccc2[nH]nc(-c3ccc4nccn4c3)c2c1. The summed E-state index contributed by atoms with van der Waals surface area (Å²) >= 11 is 0. The average Bonchev–Trinajstić information content (AvgIpc) is 3.51. The van der Waals surface area contributed by atoms with Crippen LogP contribution >= 0.6 is 0 Å². The zero-order valence-electron chi connectivity index (χ0n) is 19.6. The van der Waals surface area contributed by atoms with E-state index in [-0.39, 0.29) is 24.2 Å². The summed E-state index contributed by atoms with van der Waals surface area (Å²) in [5, 5.41) is 22.7. The van der Waals surface area contributed by atoms with Gasteiger partial charge in [-0.05, 0) is 67.6 Å². The Morgan fingerprint density at radius 2 is 2.11 bits per heavy atom. The second-order valence-corrected chi connectivity index (χ2v) is 9.70. The third-order valence-corrected chi connectivity index (χ3v) is 7.12. The molecule has 6 rings (SSSR count). The van der Waals surface area contributed by atoms with Crippen molar-refractivity contribution in [1.82, 2.24) is 24.9 Å². The minimum Gasteiger partial charge on any atom is -0.389 e. The first kappa shape index (κ1) is 22.4. The van der Waals surface area contributed by atoms with E-state index >= 15 is 0 Å². The molecule has 1 aliphatic carbocycles. The Morgan fingerprint density at radius 1 is 1.22 bits per heavy atom. The number of rotatable bonds is 5. The van der Waals surface area contributed by atoms with Crippen LogP contribution in [0.2, 0.25) is 0 Å². The number of aromatic nitrogens is 4. The van der Waals surface area contributed by atoms with Gasteiger partial charge in [-0.2, -0.15) is 5.10 Å². The quantitative estimate of drug-likeness (QED) is 0.339. The number of fused-ring (bicyclic) bond motifs is 2. The van der Waals surface area contributed by atoms with Crippen molar-refractivity contribution in [2.45, 2.75) is 43.7 Å². The molecule has 182 valence electrons. The maximum atomic E-state index is 14.2. The van der Waals surface area contributed by atoms with Crippen LogP contribution < -0.4 is 5.32 Å². The number of H-pyrrole nitrogens is 1. The molecule has 0 aliphatic heterocycles. The topological polar surface area (TPSA) is 95.3 Å². The standard InChI is InChI=1S/C28H26FN5O2/c29-23-6-2-1-4-19(23)15-28(36)11-3-5-21(16-28)31-27(35)18-7-9-24-22(14-18)26(33-32-24)20-8-10-25-30-12-13-34(25)17-20/h1-2,4,6-10,12-14,17,21,36H,3,5,11,15-16H2,(H,31,35)(H,32,33)/t21-,28-/m1/s1. The first-order valence-corrected chi connectivity index (χ1v) is 12.2.